The van der Waals surface area contributed by atoms with Gasteiger partial charge in [-0.25, -0.2) is 0 Å². The highest BCUT2D eigenvalue weighted by Crippen LogP contribution is 2.43. The molecule has 0 amide bonds. The molecule has 0 N–H and O–H groups in total. The summed E-state index contributed by atoms with van der Waals surface area (Å²) in [4.78, 5) is 26.3. The Morgan fingerprint density at radius 1 is 0.724 bits per heavy atom. The van der Waals surface area contributed by atoms with E-state index in [4.69, 9.17) is 27.9 Å². The fourth-order valence-electron chi connectivity index (χ4n) is 3.77. The lowest BCUT2D eigenvalue weighted by atomic mass is 9.73. The van der Waals surface area contributed by atoms with Crippen LogP contribution in [0.15, 0.2) is 84.4 Å². The number of ketones is 2. The van der Waals surface area contributed by atoms with E-state index in [2.05, 4.69) is 0 Å². The minimum atomic E-state index is -1.30. The maximum Gasteiger partial charge on any atom is 0.193 e. The van der Waals surface area contributed by atoms with Gasteiger partial charge >= 0.3 is 0 Å². The molecule has 0 aromatic heterocycles. The number of Topliss-reactive ketones (excluding diaryl/α,β-unsaturated/α-hetero) is 1. The number of benzene rings is 3. The highest BCUT2D eigenvalue weighted by atomic mass is 35.5. The van der Waals surface area contributed by atoms with Crippen LogP contribution in [-0.4, -0.2) is 18.7 Å². The minimum Gasteiger partial charge on any atom is -0.364 e. The van der Waals surface area contributed by atoms with Gasteiger partial charge in [0.2, 0.25) is 0 Å². The van der Waals surface area contributed by atoms with Crippen LogP contribution in [0.25, 0.3) is 0 Å². The van der Waals surface area contributed by atoms with Gasteiger partial charge in [0.1, 0.15) is 5.60 Å². The first kappa shape index (κ1) is 19.6. The molecule has 0 radical (unpaired) electrons. The van der Waals surface area contributed by atoms with E-state index in [1.54, 1.807) is 72.8 Å². The molecule has 0 saturated carbocycles. The first-order chi connectivity index (χ1) is 14.0. The van der Waals surface area contributed by atoms with E-state index in [-0.39, 0.29) is 17.1 Å². The van der Waals surface area contributed by atoms with Crippen LogP contribution in [0.3, 0.4) is 0 Å². The molecule has 1 aliphatic rings. The number of hydrogen-bond donors (Lipinski definition) is 0. The Bertz CT molecular complexity index is 1080. The van der Waals surface area contributed by atoms with Gasteiger partial charge < -0.3 is 4.74 Å². The van der Waals surface area contributed by atoms with Crippen molar-refractivity contribution in [3.05, 3.63) is 117 Å². The third kappa shape index (κ3) is 3.22. The second kappa shape index (κ2) is 7.60. The number of halogens is 2. The van der Waals surface area contributed by atoms with Crippen molar-refractivity contribution in [2.45, 2.75) is 5.60 Å². The smallest absolute Gasteiger partial charge is 0.193 e. The normalized spacial score (nSPS) is 13.8. The lowest BCUT2D eigenvalue weighted by Gasteiger charge is -2.36. The predicted octanol–water partition coefficient (Wildman–Crippen LogP) is 5.89. The van der Waals surface area contributed by atoms with Crippen LogP contribution in [0.5, 0.6) is 0 Å². The van der Waals surface area contributed by atoms with Crippen molar-refractivity contribution in [1.82, 2.24) is 0 Å². The standard InChI is InChI=1S/C24H16Cl2O3/c1-29-24(15-6-10-17(25)11-7-15,16-8-12-18(26)13-9-16)21-14-22(27)19-4-2-3-5-20(19)23(21)28/h2-14H,1H3. The second-order valence-corrected chi connectivity index (χ2v) is 7.57. The molecule has 3 nitrogen and oxygen atoms in total. The molecule has 3 aromatic rings. The Kier molecular flexibility index (Phi) is 5.13. The third-order valence-corrected chi connectivity index (χ3v) is 5.65. The lowest BCUT2D eigenvalue weighted by molar-refractivity contribution is 0.0486. The van der Waals surface area contributed by atoms with Crippen molar-refractivity contribution in [1.29, 1.82) is 0 Å². The molecule has 1 aliphatic carbocycles. The third-order valence-electron chi connectivity index (χ3n) is 5.14. The van der Waals surface area contributed by atoms with E-state index in [0.29, 0.717) is 32.3 Å². The molecule has 29 heavy (non-hydrogen) atoms. The summed E-state index contributed by atoms with van der Waals surface area (Å²) in [6, 6.07) is 20.9. The van der Waals surface area contributed by atoms with Gasteiger partial charge in [-0.3, -0.25) is 9.59 Å². The highest BCUT2D eigenvalue weighted by molar-refractivity contribution is 6.31. The highest BCUT2D eigenvalue weighted by Gasteiger charge is 2.44. The van der Waals surface area contributed by atoms with E-state index < -0.39 is 5.60 Å². The van der Waals surface area contributed by atoms with E-state index in [0.717, 1.165) is 0 Å². The first-order valence-corrected chi connectivity index (χ1v) is 9.70. The zero-order valence-corrected chi connectivity index (χ0v) is 17.0. The van der Waals surface area contributed by atoms with Gasteiger partial charge in [-0.15, -0.1) is 0 Å². The summed E-state index contributed by atoms with van der Waals surface area (Å²) < 4.78 is 6.04. The summed E-state index contributed by atoms with van der Waals surface area (Å²) in [5.74, 6) is -0.494. The zero-order valence-electron chi connectivity index (χ0n) is 15.5. The van der Waals surface area contributed by atoms with Gasteiger partial charge in [-0.1, -0.05) is 71.7 Å². The molecule has 0 fully saturated rings. The van der Waals surface area contributed by atoms with E-state index in [9.17, 15) is 9.59 Å². The van der Waals surface area contributed by atoms with Gasteiger partial charge in [0, 0.05) is 33.9 Å². The van der Waals surface area contributed by atoms with Crippen LogP contribution < -0.4 is 0 Å². The second-order valence-electron chi connectivity index (χ2n) is 6.70. The van der Waals surface area contributed by atoms with Crippen LogP contribution in [0.1, 0.15) is 31.8 Å². The van der Waals surface area contributed by atoms with Crippen molar-refractivity contribution >= 4 is 34.8 Å². The molecule has 0 saturated heterocycles. The molecule has 0 bridgehead atoms. The minimum absolute atomic E-state index is 0.237. The molecule has 0 unspecified atom stereocenters. The quantitative estimate of drug-likeness (QED) is 0.526. The van der Waals surface area contributed by atoms with Crippen LogP contribution in [0, 0.1) is 0 Å². The summed E-state index contributed by atoms with van der Waals surface area (Å²) in [7, 11) is 1.52. The number of carbonyl (C=O) groups is 2. The Morgan fingerprint density at radius 3 is 1.69 bits per heavy atom. The molecule has 0 heterocycles. The van der Waals surface area contributed by atoms with Gasteiger partial charge in [-0.2, -0.15) is 0 Å². The fourth-order valence-corrected chi connectivity index (χ4v) is 4.02. The largest absolute Gasteiger partial charge is 0.364 e. The molecule has 5 heteroatoms. The van der Waals surface area contributed by atoms with E-state index in [1.807, 2.05) is 0 Å². The van der Waals surface area contributed by atoms with Crippen LogP contribution in [0.4, 0.5) is 0 Å². The van der Waals surface area contributed by atoms with E-state index >= 15 is 0 Å². The zero-order chi connectivity index (χ0) is 20.6. The summed E-state index contributed by atoms with van der Waals surface area (Å²) in [6.07, 6.45) is 1.37. The number of allylic oxidation sites excluding steroid dienone is 1. The maximum absolute atomic E-state index is 13.5. The molecule has 0 spiro atoms. The summed E-state index contributed by atoms with van der Waals surface area (Å²) >= 11 is 12.2. The average Bonchev–Trinajstić information content (AvgIpc) is 2.74. The average molecular weight is 423 g/mol. The number of ether oxygens (including phenoxy) is 1. The summed E-state index contributed by atoms with van der Waals surface area (Å²) in [6.45, 7) is 0. The van der Waals surface area contributed by atoms with Crippen molar-refractivity contribution in [2.24, 2.45) is 0 Å². The summed E-state index contributed by atoms with van der Waals surface area (Å²) in [5.41, 5.74) is 1.05. The summed E-state index contributed by atoms with van der Waals surface area (Å²) in [5, 5.41) is 1.11. The van der Waals surface area contributed by atoms with Gasteiger partial charge in [0.15, 0.2) is 11.6 Å². The van der Waals surface area contributed by atoms with Gasteiger partial charge in [0.05, 0.1) is 0 Å². The Hall–Kier alpha value is -2.72. The number of rotatable bonds is 4. The lowest BCUT2D eigenvalue weighted by Crippen LogP contribution is -2.38. The maximum atomic E-state index is 13.5. The molecule has 0 atom stereocenters. The molecule has 3 aromatic carbocycles. The van der Waals surface area contributed by atoms with Crippen molar-refractivity contribution < 1.29 is 14.3 Å². The molecule has 144 valence electrons. The molecule has 0 aliphatic heterocycles. The topological polar surface area (TPSA) is 43.4 Å². The first-order valence-electron chi connectivity index (χ1n) is 8.95. The van der Waals surface area contributed by atoms with E-state index in [1.165, 1.54) is 13.2 Å². The van der Waals surface area contributed by atoms with Gasteiger partial charge in [0.25, 0.3) is 0 Å². The Labute approximate surface area is 178 Å². The van der Waals surface area contributed by atoms with Crippen molar-refractivity contribution in [3.63, 3.8) is 0 Å². The van der Waals surface area contributed by atoms with Crippen molar-refractivity contribution in [3.8, 4) is 0 Å². The van der Waals surface area contributed by atoms with Gasteiger partial charge in [-0.05, 0) is 41.5 Å². The van der Waals surface area contributed by atoms with Crippen LogP contribution in [-0.2, 0) is 10.3 Å². The Morgan fingerprint density at radius 2 is 1.21 bits per heavy atom. The number of carbonyl (C=O) groups excluding carboxylic acids is 2. The van der Waals surface area contributed by atoms with Crippen LogP contribution in [0.2, 0.25) is 10.0 Å². The fraction of sp³-hybridized carbons (Fsp3) is 0.0833. The predicted molar refractivity (Wildman–Crippen MR) is 114 cm³/mol. The van der Waals surface area contributed by atoms with Crippen LogP contribution >= 0.6 is 23.2 Å². The number of methoxy groups -OCH3 is 1. The SMILES string of the molecule is COC(C1=CC(=O)c2ccccc2C1=O)(c1ccc(Cl)cc1)c1ccc(Cl)cc1. The number of hydrogen-bond acceptors (Lipinski definition) is 3. The Balaban J connectivity index is 2.01. The monoisotopic (exact) mass is 422 g/mol. The molecule has 4 rings (SSSR count). The molecular weight excluding hydrogens is 407 g/mol. The number of fused-ring (bicyclic) bond motifs is 1. The molecular formula is C24H16Cl2O3. The van der Waals surface area contributed by atoms with Crippen molar-refractivity contribution in [2.75, 3.05) is 7.11 Å².